The van der Waals surface area contributed by atoms with Crippen LogP contribution in [0.15, 0.2) is 17.5 Å². The Morgan fingerprint density at radius 2 is 2.00 bits per heavy atom. The van der Waals surface area contributed by atoms with Crippen molar-refractivity contribution in [1.29, 1.82) is 0 Å². The summed E-state index contributed by atoms with van der Waals surface area (Å²) in [5.41, 5.74) is 1.86. The molecule has 0 aliphatic carbocycles. The molecule has 0 radical (unpaired) electrons. The van der Waals surface area contributed by atoms with Crippen LogP contribution in [-0.2, 0) is 16.3 Å². The van der Waals surface area contributed by atoms with Crippen LogP contribution in [0.3, 0.4) is 0 Å². The van der Waals surface area contributed by atoms with Crippen molar-refractivity contribution in [3.05, 3.63) is 39.6 Å². The second-order valence-electron chi connectivity index (χ2n) is 5.63. The van der Waals surface area contributed by atoms with E-state index in [0.29, 0.717) is 17.1 Å². The summed E-state index contributed by atoms with van der Waals surface area (Å²) in [6.45, 7) is 3.66. The largest absolute Gasteiger partial charge is 0.488 e. The summed E-state index contributed by atoms with van der Waals surface area (Å²) in [5.74, 6) is 0.400. The maximum Gasteiger partial charge on any atom is 0.188 e. The molecule has 0 N–H and O–H groups in total. The van der Waals surface area contributed by atoms with E-state index in [4.69, 9.17) is 4.74 Å². The van der Waals surface area contributed by atoms with Crippen LogP contribution in [0, 0.1) is 13.8 Å². The van der Waals surface area contributed by atoms with E-state index in [-0.39, 0.29) is 29.8 Å². The molecular weight excluding hydrogens is 336 g/mol. The Kier molecular flexibility index (Phi) is 4.20. The van der Waals surface area contributed by atoms with Gasteiger partial charge < -0.3 is 4.74 Å². The molecule has 122 valence electrons. The number of aromatic nitrogens is 2. The van der Waals surface area contributed by atoms with Crippen molar-refractivity contribution in [3.63, 3.8) is 0 Å². The predicted molar refractivity (Wildman–Crippen MR) is 86.9 cm³/mol. The van der Waals surface area contributed by atoms with E-state index in [1.54, 1.807) is 19.1 Å². The van der Waals surface area contributed by atoms with Gasteiger partial charge in [-0.05, 0) is 13.8 Å². The molecule has 2 aromatic rings. The lowest BCUT2D eigenvalue weighted by atomic mass is 10.2. The average molecular weight is 352 g/mol. The molecule has 0 atom stereocenters. The van der Waals surface area contributed by atoms with Crippen LogP contribution in [0.4, 0.5) is 0 Å². The van der Waals surface area contributed by atoms with Crippen LogP contribution < -0.4 is 4.74 Å². The Hall–Kier alpha value is -1.80. The van der Waals surface area contributed by atoms with E-state index in [0.717, 1.165) is 10.7 Å². The topological polar surface area (TPSA) is 86.2 Å². The molecule has 6 nitrogen and oxygen atoms in total. The lowest BCUT2D eigenvalue weighted by Gasteiger charge is -2.26. The lowest BCUT2D eigenvalue weighted by Crippen LogP contribution is -2.45. The molecule has 0 saturated carbocycles. The van der Waals surface area contributed by atoms with Crippen molar-refractivity contribution in [2.75, 3.05) is 11.5 Å². The number of carbonyl (C=O) groups excluding carboxylic acids is 1. The molecule has 23 heavy (non-hydrogen) atoms. The third kappa shape index (κ3) is 3.94. The van der Waals surface area contributed by atoms with Gasteiger partial charge in [-0.3, -0.25) is 4.79 Å². The minimum atomic E-state index is -2.94. The maximum absolute atomic E-state index is 12.4. The number of Topliss-reactive ketones (excluding diaryl/α,β-unsaturated/α-hetero) is 1. The van der Waals surface area contributed by atoms with E-state index in [2.05, 4.69) is 9.97 Å². The lowest BCUT2D eigenvalue weighted by molar-refractivity contribution is 0.0987. The number of ether oxygens (including phenoxy) is 1. The zero-order valence-electron chi connectivity index (χ0n) is 12.8. The quantitative estimate of drug-likeness (QED) is 0.762. The molecule has 0 unspecified atom stereocenters. The normalized spacial score (nSPS) is 16.8. The van der Waals surface area contributed by atoms with Crippen LogP contribution >= 0.6 is 11.3 Å². The highest BCUT2D eigenvalue weighted by molar-refractivity contribution is 7.92. The van der Waals surface area contributed by atoms with Gasteiger partial charge in [-0.2, -0.15) is 0 Å². The van der Waals surface area contributed by atoms with Gasteiger partial charge in [0.05, 0.1) is 17.9 Å². The molecule has 1 saturated heterocycles. The summed E-state index contributed by atoms with van der Waals surface area (Å²) < 4.78 is 28.0. The van der Waals surface area contributed by atoms with Crippen LogP contribution in [0.1, 0.15) is 26.9 Å². The zero-order chi connectivity index (χ0) is 16.6. The SMILES string of the molecule is Cc1cc(OC2CS(=O)(=O)C2)cc(C(=O)Cc2nc(C)cs2)n1. The number of hydrogen-bond acceptors (Lipinski definition) is 7. The van der Waals surface area contributed by atoms with Gasteiger partial charge in [0.15, 0.2) is 15.6 Å². The predicted octanol–water partition coefficient (Wildman–Crippen LogP) is 1.76. The smallest absolute Gasteiger partial charge is 0.188 e. The fourth-order valence-corrected chi connectivity index (χ4v) is 4.28. The Labute approximate surface area is 138 Å². The number of sulfone groups is 1. The first-order valence-corrected chi connectivity index (χ1v) is 9.81. The summed E-state index contributed by atoms with van der Waals surface area (Å²) in [7, 11) is -2.94. The summed E-state index contributed by atoms with van der Waals surface area (Å²) in [5, 5.41) is 2.65. The number of ketones is 1. The summed E-state index contributed by atoms with van der Waals surface area (Å²) >= 11 is 1.45. The Balaban J connectivity index is 1.73. The number of pyridine rings is 1. The molecule has 8 heteroatoms. The first-order chi connectivity index (χ1) is 10.8. The fourth-order valence-electron chi connectivity index (χ4n) is 2.34. The monoisotopic (exact) mass is 352 g/mol. The number of aryl methyl sites for hydroxylation is 2. The first-order valence-electron chi connectivity index (χ1n) is 7.11. The first kappa shape index (κ1) is 16.1. The fraction of sp³-hybridized carbons (Fsp3) is 0.400. The van der Waals surface area contributed by atoms with Gasteiger partial charge in [-0.1, -0.05) is 0 Å². The third-order valence-electron chi connectivity index (χ3n) is 3.37. The molecule has 2 aromatic heterocycles. The van der Waals surface area contributed by atoms with Gasteiger partial charge >= 0.3 is 0 Å². The molecule has 3 heterocycles. The van der Waals surface area contributed by atoms with E-state index in [9.17, 15) is 13.2 Å². The van der Waals surface area contributed by atoms with Crippen LogP contribution in [0.25, 0.3) is 0 Å². The molecule has 0 bridgehead atoms. The molecule has 0 amide bonds. The van der Waals surface area contributed by atoms with E-state index in [1.807, 2.05) is 12.3 Å². The van der Waals surface area contributed by atoms with Crippen molar-refractivity contribution < 1.29 is 17.9 Å². The number of thiazole rings is 1. The van der Waals surface area contributed by atoms with E-state index >= 15 is 0 Å². The highest BCUT2D eigenvalue weighted by Gasteiger charge is 2.35. The highest BCUT2D eigenvalue weighted by Crippen LogP contribution is 2.22. The molecule has 3 rings (SSSR count). The van der Waals surface area contributed by atoms with Gasteiger partial charge in [0.1, 0.15) is 22.6 Å². The van der Waals surface area contributed by atoms with Crippen molar-refractivity contribution in [1.82, 2.24) is 9.97 Å². The van der Waals surface area contributed by atoms with Gasteiger partial charge in [0.2, 0.25) is 0 Å². The van der Waals surface area contributed by atoms with Crippen molar-refractivity contribution in [2.45, 2.75) is 26.4 Å². The molecule has 1 aliphatic rings. The number of hydrogen-bond donors (Lipinski definition) is 0. The van der Waals surface area contributed by atoms with Crippen LogP contribution in [0.2, 0.25) is 0 Å². The molecule has 1 fully saturated rings. The maximum atomic E-state index is 12.4. The second-order valence-corrected chi connectivity index (χ2v) is 8.73. The van der Waals surface area contributed by atoms with Gasteiger partial charge in [0.25, 0.3) is 0 Å². The second kappa shape index (κ2) is 6.01. The minimum Gasteiger partial charge on any atom is -0.488 e. The molecule has 0 spiro atoms. The van der Waals surface area contributed by atoms with Crippen LogP contribution in [-0.4, -0.2) is 41.8 Å². The Bertz CT molecular complexity index is 846. The van der Waals surface area contributed by atoms with Crippen LogP contribution in [0.5, 0.6) is 5.75 Å². The van der Waals surface area contributed by atoms with Gasteiger partial charge in [0, 0.05) is 28.9 Å². The average Bonchev–Trinajstić information content (AvgIpc) is 2.81. The Morgan fingerprint density at radius 3 is 2.61 bits per heavy atom. The molecule has 0 aromatic carbocycles. The van der Waals surface area contributed by atoms with Gasteiger partial charge in [-0.15, -0.1) is 11.3 Å². The minimum absolute atomic E-state index is 0.0239. The van der Waals surface area contributed by atoms with E-state index in [1.165, 1.54) is 11.3 Å². The van der Waals surface area contributed by atoms with Crippen molar-refractivity contribution in [2.24, 2.45) is 0 Å². The third-order valence-corrected chi connectivity index (χ3v) is 6.10. The molecule has 1 aliphatic heterocycles. The number of nitrogens with zero attached hydrogens (tertiary/aromatic N) is 2. The zero-order valence-corrected chi connectivity index (χ0v) is 14.4. The summed E-state index contributed by atoms with van der Waals surface area (Å²) in [4.78, 5) is 20.9. The highest BCUT2D eigenvalue weighted by atomic mass is 32.2. The standard InChI is InChI=1S/C15H16N2O4S2/c1-9-3-11(21-12-7-23(19,20)8-12)4-13(16-9)14(18)5-15-17-10(2)6-22-15/h3-4,6,12H,5,7-8H2,1-2H3. The van der Waals surface area contributed by atoms with E-state index < -0.39 is 9.84 Å². The van der Waals surface area contributed by atoms with Gasteiger partial charge in [-0.25, -0.2) is 18.4 Å². The molecular formula is C15H16N2O4S2. The van der Waals surface area contributed by atoms with Crippen molar-refractivity contribution >= 4 is 27.0 Å². The number of carbonyl (C=O) groups is 1. The summed E-state index contributed by atoms with van der Waals surface area (Å²) in [6.07, 6.45) is -0.141. The Morgan fingerprint density at radius 1 is 1.26 bits per heavy atom. The summed E-state index contributed by atoms with van der Waals surface area (Å²) in [6, 6.07) is 3.27. The number of rotatable bonds is 5. The van der Waals surface area contributed by atoms with Crippen molar-refractivity contribution in [3.8, 4) is 5.75 Å².